The summed E-state index contributed by atoms with van der Waals surface area (Å²) in [5, 5.41) is 9.32. The molecule has 6 heteroatoms. The summed E-state index contributed by atoms with van der Waals surface area (Å²) in [5.74, 6) is -0.187. The van der Waals surface area contributed by atoms with Crippen LogP contribution < -0.4 is 15.2 Å². The Bertz CT molecular complexity index is 808. The third-order valence-corrected chi connectivity index (χ3v) is 3.14. The van der Waals surface area contributed by atoms with Crippen LogP contribution in [0.5, 0.6) is 11.5 Å². The van der Waals surface area contributed by atoms with Crippen molar-refractivity contribution in [3.8, 4) is 17.6 Å². The number of nitrogens with zero attached hydrogens (tertiary/aromatic N) is 1. The Hall–Kier alpha value is -3.33. The van der Waals surface area contributed by atoms with E-state index in [1.54, 1.807) is 24.3 Å². The second-order valence-corrected chi connectivity index (χ2v) is 4.84. The molecule has 24 heavy (non-hydrogen) atoms. The summed E-state index contributed by atoms with van der Waals surface area (Å²) in [5.41, 5.74) is 6.72. The molecule has 0 radical (unpaired) electrons. The number of methoxy groups -OCH3 is 1. The maximum atomic E-state index is 13.0. The van der Waals surface area contributed by atoms with Crippen molar-refractivity contribution < 1.29 is 18.7 Å². The summed E-state index contributed by atoms with van der Waals surface area (Å²) < 4.78 is 23.5. The molecule has 0 aliphatic carbocycles. The van der Waals surface area contributed by atoms with Crippen molar-refractivity contribution >= 4 is 17.6 Å². The van der Waals surface area contributed by atoms with Gasteiger partial charge in [-0.3, -0.25) is 4.79 Å². The molecule has 122 valence electrons. The summed E-state index contributed by atoms with van der Waals surface area (Å²) in [7, 11) is 1.46. The number of primary amides is 1. The fraction of sp³-hybridized carbons (Fsp3) is 0.111. The molecule has 0 aromatic heterocycles. The van der Waals surface area contributed by atoms with Crippen molar-refractivity contribution in [3.05, 3.63) is 59.4 Å². The number of ether oxygens (including phenoxy) is 2. The summed E-state index contributed by atoms with van der Waals surface area (Å²) in [6, 6.07) is 12.7. The normalized spacial score (nSPS) is 10.8. The van der Waals surface area contributed by atoms with E-state index in [0.29, 0.717) is 28.2 Å². The molecule has 2 N–H and O–H groups in total. The molecular weight excluding hydrogens is 311 g/mol. The van der Waals surface area contributed by atoms with Gasteiger partial charge in [0.15, 0.2) is 18.1 Å². The molecule has 0 fully saturated rings. The second kappa shape index (κ2) is 7.79. The van der Waals surface area contributed by atoms with Gasteiger partial charge in [-0.15, -0.1) is 0 Å². The smallest absolute Gasteiger partial charge is 0.255 e. The van der Waals surface area contributed by atoms with Crippen LogP contribution in [-0.4, -0.2) is 19.6 Å². The van der Waals surface area contributed by atoms with Crippen LogP contribution in [0.4, 0.5) is 4.39 Å². The molecular formula is C18H15FN2O3. The molecule has 0 spiro atoms. The van der Waals surface area contributed by atoms with Crippen LogP contribution in [0, 0.1) is 17.1 Å². The number of nitrogens with two attached hydrogens (primary N) is 1. The van der Waals surface area contributed by atoms with Crippen LogP contribution in [0.1, 0.15) is 11.1 Å². The molecule has 0 saturated carbocycles. The molecule has 0 aliphatic heterocycles. The first kappa shape index (κ1) is 17.0. The van der Waals surface area contributed by atoms with Gasteiger partial charge in [0.1, 0.15) is 5.82 Å². The van der Waals surface area contributed by atoms with Gasteiger partial charge in [0.25, 0.3) is 5.91 Å². The lowest BCUT2D eigenvalue weighted by atomic mass is 10.0. The molecule has 2 aromatic rings. The third-order valence-electron chi connectivity index (χ3n) is 3.14. The number of hydrogen-bond acceptors (Lipinski definition) is 4. The fourth-order valence-electron chi connectivity index (χ4n) is 2.02. The van der Waals surface area contributed by atoms with E-state index in [9.17, 15) is 14.4 Å². The lowest BCUT2D eigenvalue weighted by Crippen LogP contribution is -2.20. The van der Waals surface area contributed by atoms with Gasteiger partial charge in [0, 0.05) is 0 Å². The number of amides is 1. The van der Waals surface area contributed by atoms with Gasteiger partial charge in [-0.05, 0) is 41.5 Å². The molecule has 2 aromatic carbocycles. The Morgan fingerprint density at radius 1 is 1.25 bits per heavy atom. The van der Waals surface area contributed by atoms with Crippen LogP contribution in [0.15, 0.2) is 42.5 Å². The highest BCUT2D eigenvalue weighted by molar-refractivity contribution is 5.89. The topological polar surface area (TPSA) is 85.3 Å². The van der Waals surface area contributed by atoms with E-state index in [4.69, 9.17) is 15.2 Å². The highest BCUT2D eigenvalue weighted by Gasteiger charge is 2.08. The number of carbonyl (C=O) groups is 1. The molecule has 0 saturated heterocycles. The summed E-state index contributed by atoms with van der Waals surface area (Å²) in [6.07, 6.45) is 1.65. The first-order valence-corrected chi connectivity index (χ1v) is 7.00. The number of hydrogen-bond donors (Lipinski definition) is 1. The Labute approximate surface area is 138 Å². The quantitative estimate of drug-likeness (QED) is 0.653. The van der Waals surface area contributed by atoms with Gasteiger partial charge in [-0.25, -0.2) is 4.39 Å². The van der Waals surface area contributed by atoms with Gasteiger partial charge >= 0.3 is 0 Å². The third kappa shape index (κ3) is 4.34. The molecule has 0 unspecified atom stereocenters. The zero-order chi connectivity index (χ0) is 17.5. The molecule has 0 bridgehead atoms. The second-order valence-electron chi connectivity index (χ2n) is 4.84. The molecule has 1 amide bonds. The van der Waals surface area contributed by atoms with Crippen molar-refractivity contribution in [2.45, 2.75) is 0 Å². The first-order chi connectivity index (χ1) is 11.5. The largest absolute Gasteiger partial charge is 0.493 e. The minimum absolute atomic E-state index is 0.259. The number of allylic oxidation sites excluding steroid dienone is 1. The molecule has 2 rings (SSSR count). The number of rotatable bonds is 6. The summed E-state index contributed by atoms with van der Waals surface area (Å²) in [6.45, 7) is -0.259. The van der Waals surface area contributed by atoms with Crippen LogP contribution >= 0.6 is 0 Å². The van der Waals surface area contributed by atoms with Crippen LogP contribution in [0.25, 0.3) is 11.6 Å². The van der Waals surface area contributed by atoms with Crippen LogP contribution in [0.3, 0.4) is 0 Å². The first-order valence-electron chi connectivity index (χ1n) is 7.00. The number of benzene rings is 2. The SMILES string of the molecule is COc1cc(/C=C(\C#N)c2ccc(F)cc2)ccc1OCC(N)=O. The molecule has 5 nitrogen and oxygen atoms in total. The minimum atomic E-state index is -0.593. The molecule has 0 heterocycles. The Balaban J connectivity index is 2.32. The van der Waals surface area contributed by atoms with Gasteiger partial charge in [0.2, 0.25) is 0 Å². The standard InChI is InChI=1S/C18H15FN2O3/c1-23-17-9-12(2-7-16(17)24-11-18(21)22)8-14(10-20)13-3-5-15(19)6-4-13/h2-9H,11H2,1H3,(H2,21,22)/b14-8+. The molecule has 0 aliphatic rings. The van der Waals surface area contributed by atoms with Crippen LogP contribution in [0.2, 0.25) is 0 Å². The van der Waals surface area contributed by atoms with E-state index in [1.165, 1.54) is 31.4 Å². The highest BCUT2D eigenvalue weighted by atomic mass is 19.1. The predicted molar refractivity (Wildman–Crippen MR) is 87.6 cm³/mol. The van der Waals surface area contributed by atoms with Gasteiger partial charge < -0.3 is 15.2 Å². The van der Waals surface area contributed by atoms with Crippen molar-refractivity contribution in [1.82, 2.24) is 0 Å². The van der Waals surface area contributed by atoms with E-state index in [0.717, 1.165) is 0 Å². The average Bonchev–Trinajstić information content (AvgIpc) is 2.59. The lowest BCUT2D eigenvalue weighted by Gasteiger charge is -2.10. The van der Waals surface area contributed by atoms with Crippen molar-refractivity contribution in [3.63, 3.8) is 0 Å². The average molecular weight is 326 g/mol. The maximum absolute atomic E-state index is 13.0. The Morgan fingerprint density at radius 2 is 1.96 bits per heavy atom. The van der Waals surface area contributed by atoms with E-state index in [2.05, 4.69) is 6.07 Å². The monoisotopic (exact) mass is 326 g/mol. The van der Waals surface area contributed by atoms with E-state index >= 15 is 0 Å². The number of nitriles is 1. The lowest BCUT2D eigenvalue weighted by molar-refractivity contribution is -0.119. The Kier molecular flexibility index (Phi) is 5.53. The van der Waals surface area contributed by atoms with Gasteiger partial charge in [-0.2, -0.15) is 5.26 Å². The fourth-order valence-corrected chi connectivity index (χ4v) is 2.02. The van der Waals surface area contributed by atoms with Crippen LogP contribution in [-0.2, 0) is 4.79 Å². The predicted octanol–water partition coefficient (Wildman–Crippen LogP) is 2.76. The van der Waals surface area contributed by atoms with E-state index in [1.807, 2.05) is 0 Å². The summed E-state index contributed by atoms with van der Waals surface area (Å²) >= 11 is 0. The minimum Gasteiger partial charge on any atom is -0.493 e. The number of carbonyl (C=O) groups excluding carboxylic acids is 1. The van der Waals surface area contributed by atoms with E-state index < -0.39 is 5.91 Å². The Morgan fingerprint density at radius 3 is 2.54 bits per heavy atom. The van der Waals surface area contributed by atoms with E-state index in [-0.39, 0.29) is 12.4 Å². The van der Waals surface area contributed by atoms with Crippen molar-refractivity contribution in [2.24, 2.45) is 5.73 Å². The highest BCUT2D eigenvalue weighted by Crippen LogP contribution is 2.29. The van der Waals surface area contributed by atoms with Gasteiger partial charge in [-0.1, -0.05) is 18.2 Å². The maximum Gasteiger partial charge on any atom is 0.255 e. The van der Waals surface area contributed by atoms with Crippen molar-refractivity contribution in [2.75, 3.05) is 13.7 Å². The zero-order valence-electron chi connectivity index (χ0n) is 13.0. The molecule has 0 atom stereocenters. The summed E-state index contributed by atoms with van der Waals surface area (Å²) in [4.78, 5) is 10.8. The number of halogens is 1. The zero-order valence-corrected chi connectivity index (χ0v) is 13.0. The van der Waals surface area contributed by atoms with Gasteiger partial charge in [0.05, 0.1) is 18.8 Å². The van der Waals surface area contributed by atoms with Crippen molar-refractivity contribution in [1.29, 1.82) is 5.26 Å².